The molecule has 102 valence electrons. The summed E-state index contributed by atoms with van der Waals surface area (Å²) >= 11 is 0. The fraction of sp³-hybridized carbons (Fsp3) is 0.462. The summed E-state index contributed by atoms with van der Waals surface area (Å²) in [7, 11) is 0. The Bertz CT molecular complexity index is 312. The van der Waals surface area contributed by atoms with Gasteiger partial charge in [-0.1, -0.05) is 25.1 Å². The highest BCUT2D eigenvalue weighted by molar-refractivity contribution is 5.66. The molecule has 1 unspecified atom stereocenters. The van der Waals surface area contributed by atoms with Crippen LogP contribution in [0, 0.1) is 0 Å². The molecule has 0 amide bonds. The minimum Gasteiger partial charge on any atom is -0.491 e. The molecule has 0 radical (unpaired) electrons. The molecule has 3 N–H and O–H groups in total. The van der Waals surface area contributed by atoms with Crippen LogP contribution in [0.4, 0.5) is 0 Å². The monoisotopic (exact) mass is 256 g/mol. The lowest BCUT2D eigenvalue weighted by Gasteiger charge is -2.08. The maximum absolute atomic E-state index is 9.60. The van der Waals surface area contributed by atoms with Gasteiger partial charge in [0, 0.05) is 6.42 Å². The normalized spacial score (nSPS) is 11.1. The zero-order valence-electron chi connectivity index (χ0n) is 10.5. The van der Waals surface area contributed by atoms with E-state index in [1.54, 1.807) is 12.1 Å². The van der Waals surface area contributed by atoms with E-state index in [1.165, 1.54) is 0 Å². The number of aliphatic hydroxyl groups excluding tert-OH is 2. The highest BCUT2D eigenvalue weighted by atomic mass is 16.5. The number of ether oxygens (including phenoxy) is 1. The van der Waals surface area contributed by atoms with E-state index < -0.39 is 12.1 Å². The van der Waals surface area contributed by atoms with E-state index >= 15 is 0 Å². The van der Waals surface area contributed by atoms with Gasteiger partial charge in [0.15, 0.2) is 0 Å². The van der Waals surface area contributed by atoms with Crippen molar-refractivity contribution >= 4 is 5.97 Å². The van der Waals surface area contributed by atoms with Crippen LogP contribution in [0.3, 0.4) is 0 Å². The van der Waals surface area contributed by atoms with E-state index in [1.807, 2.05) is 25.1 Å². The highest BCUT2D eigenvalue weighted by Gasteiger charge is 2.01. The number of aliphatic hydroxyl groups is 2. The zero-order chi connectivity index (χ0) is 13.8. The van der Waals surface area contributed by atoms with Crippen LogP contribution in [-0.2, 0) is 4.79 Å². The van der Waals surface area contributed by atoms with Crippen LogP contribution in [-0.4, -0.2) is 40.6 Å². The van der Waals surface area contributed by atoms with Crippen molar-refractivity contribution in [3.05, 3.63) is 30.3 Å². The van der Waals surface area contributed by atoms with Crippen LogP contribution < -0.4 is 4.74 Å². The van der Waals surface area contributed by atoms with E-state index in [0.717, 1.165) is 6.42 Å². The van der Waals surface area contributed by atoms with Crippen molar-refractivity contribution in [1.29, 1.82) is 0 Å². The molecule has 1 aromatic rings. The van der Waals surface area contributed by atoms with Crippen molar-refractivity contribution in [2.24, 2.45) is 0 Å². The molecule has 0 fully saturated rings. The summed E-state index contributed by atoms with van der Waals surface area (Å²) in [6.45, 7) is 1.70. The second kappa shape index (κ2) is 10.6. The molecule has 0 aliphatic rings. The van der Waals surface area contributed by atoms with Gasteiger partial charge in [-0.15, -0.1) is 0 Å². The Kier molecular flexibility index (Phi) is 9.62. The molecular formula is C13H20O5. The Balaban J connectivity index is 0.000000411. The Morgan fingerprint density at radius 3 is 2.33 bits per heavy atom. The van der Waals surface area contributed by atoms with E-state index in [2.05, 4.69) is 0 Å². The number of carboxylic acid groups (broad SMARTS) is 1. The summed E-state index contributed by atoms with van der Waals surface area (Å²) in [5.74, 6) is -0.0116. The van der Waals surface area contributed by atoms with Crippen LogP contribution in [0.1, 0.15) is 19.8 Å². The second-order valence-electron chi connectivity index (χ2n) is 3.60. The molecule has 0 bridgehead atoms. The third-order valence-electron chi connectivity index (χ3n) is 1.86. The Hall–Kier alpha value is -1.59. The number of carbonyl (C=O) groups is 1. The van der Waals surface area contributed by atoms with Crippen LogP contribution in [0.15, 0.2) is 30.3 Å². The largest absolute Gasteiger partial charge is 0.491 e. The summed E-state index contributed by atoms with van der Waals surface area (Å²) in [5, 5.41) is 25.3. The number of carboxylic acids is 1. The van der Waals surface area contributed by atoms with Crippen molar-refractivity contribution in [3.8, 4) is 5.75 Å². The quantitative estimate of drug-likeness (QED) is 0.714. The first-order valence-electron chi connectivity index (χ1n) is 5.78. The number of benzene rings is 1. The van der Waals surface area contributed by atoms with Crippen molar-refractivity contribution in [3.63, 3.8) is 0 Å². The SMILES string of the molecule is CCCC(=O)O.OCC(O)COc1ccccc1. The molecule has 0 spiro atoms. The Morgan fingerprint density at radius 1 is 1.33 bits per heavy atom. The molecule has 0 saturated carbocycles. The fourth-order valence-electron chi connectivity index (χ4n) is 0.976. The summed E-state index contributed by atoms with van der Waals surface area (Å²) in [6.07, 6.45) is 0.222. The average molecular weight is 256 g/mol. The molecule has 18 heavy (non-hydrogen) atoms. The molecule has 5 heteroatoms. The van der Waals surface area contributed by atoms with Gasteiger partial charge in [0.1, 0.15) is 18.5 Å². The summed E-state index contributed by atoms with van der Waals surface area (Å²) in [4.78, 5) is 9.60. The minimum absolute atomic E-state index is 0.126. The zero-order valence-corrected chi connectivity index (χ0v) is 10.5. The number of aliphatic carboxylic acids is 1. The first-order valence-corrected chi connectivity index (χ1v) is 5.78. The summed E-state index contributed by atoms with van der Waals surface area (Å²) in [5.41, 5.74) is 0. The second-order valence-corrected chi connectivity index (χ2v) is 3.60. The molecule has 1 aromatic carbocycles. The predicted octanol–water partition coefficient (Wildman–Crippen LogP) is 1.29. The number of hydrogen-bond acceptors (Lipinski definition) is 4. The third-order valence-corrected chi connectivity index (χ3v) is 1.86. The summed E-state index contributed by atoms with van der Waals surface area (Å²) < 4.78 is 5.15. The van der Waals surface area contributed by atoms with Gasteiger partial charge in [-0.3, -0.25) is 4.79 Å². The van der Waals surface area contributed by atoms with Gasteiger partial charge in [0.05, 0.1) is 6.61 Å². The first-order chi connectivity index (χ1) is 8.60. The lowest BCUT2D eigenvalue weighted by atomic mass is 10.3. The van der Waals surface area contributed by atoms with Gasteiger partial charge in [0.25, 0.3) is 0 Å². The molecule has 0 aromatic heterocycles. The van der Waals surface area contributed by atoms with Gasteiger partial charge in [-0.05, 0) is 18.6 Å². The van der Waals surface area contributed by atoms with Crippen molar-refractivity contribution in [2.75, 3.05) is 13.2 Å². The van der Waals surface area contributed by atoms with Crippen molar-refractivity contribution < 1.29 is 24.9 Å². The lowest BCUT2D eigenvalue weighted by molar-refractivity contribution is -0.137. The predicted molar refractivity (Wildman–Crippen MR) is 67.6 cm³/mol. The van der Waals surface area contributed by atoms with Crippen LogP contribution in [0.5, 0.6) is 5.75 Å². The molecule has 5 nitrogen and oxygen atoms in total. The van der Waals surface area contributed by atoms with E-state index in [-0.39, 0.29) is 13.2 Å². The fourth-order valence-corrected chi connectivity index (χ4v) is 0.976. The van der Waals surface area contributed by atoms with Gasteiger partial charge < -0.3 is 20.1 Å². The smallest absolute Gasteiger partial charge is 0.303 e. The first kappa shape index (κ1) is 16.4. The van der Waals surface area contributed by atoms with Crippen molar-refractivity contribution in [2.45, 2.75) is 25.9 Å². The van der Waals surface area contributed by atoms with Gasteiger partial charge >= 0.3 is 5.97 Å². The molecule has 0 aliphatic heterocycles. The molecule has 0 saturated heterocycles. The Morgan fingerprint density at radius 2 is 1.94 bits per heavy atom. The number of para-hydroxylation sites is 1. The van der Waals surface area contributed by atoms with Gasteiger partial charge in [-0.2, -0.15) is 0 Å². The Labute approximate surface area is 107 Å². The molecule has 1 rings (SSSR count). The third kappa shape index (κ3) is 9.62. The molecule has 0 aliphatic carbocycles. The maximum atomic E-state index is 9.60. The standard InChI is InChI=1S/C9H12O3.C4H8O2/c10-6-8(11)7-12-9-4-2-1-3-5-9;1-2-3-4(5)6/h1-5,8,10-11H,6-7H2;2-3H2,1H3,(H,5,6). The summed E-state index contributed by atoms with van der Waals surface area (Å²) in [6, 6.07) is 9.17. The van der Waals surface area contributed by atoms with E-state index in [0.29, 0.717) is 12.2 Å². The topological polar surface area (TPSA) is 87.0 Å². The highest BCUT2D eigenvalue weighted by Crippen LogP contribution is 2.08. The molecule has 0 heterocycles. The molecule has 1 atom stereocenters. The van der Waals surface area contributed by atoms with Crippen LogP contribution >= 0.6 is 0 Å². The van der Waals surface area contributed by atoms with Crippen molar-refractivity contribution in [1.82, 2.24) is 0 Å². The van der Waals surface area contributed by atoms with Gasteiger partial charge in [-0.25, -0.2) is 0 Å². The molecular weight excluding hydrogens is 236 g/mol. The number of rotatable bonds is 6. The minimum atomic E-state index is -0.801. The number of hydrogen-bond donors (Lipinski definition) is 3. The maximum Gasteiger partial charge on any atom is 0.303 e. The van der Waals surface area contributed by atoms with Gasteiger partial charge in [0.2, 0.25) is 0 Å². The average Bonchev–Trinajstić information content (AvgIpc) is 2.37. The van der Waals surface area contributed by atoms with Crippen LogP contribution in [0.2, 0.25) is 0 Å². The lowest BCUT2D eigenvalue weighted by Crippen LogP contribution is -2.21. The van der Waals surface area contributed by atoms with E-state index in [9.17, 15) is 4.79 Å². The van der Waals surface area contributed by atoms with E-state index in [4.69, 9.17) is 20.1 Å². The van der Waals surface area contributed by atoms with Crippen LogP contribution in [0.25, 0.3) is 0 Å².